The van der Waals surface area contributed by atoms with Crippen LogP contribution < -0.4 is 15.4 Å². The normalized spacial score (nSPS) is 12.3. The summed E-state index contributed by atoms with van der Waals surface area (Å²) < 4.78 is 5.62. The van der Waals surface area contributed by atoms with Crippen molar-refractivity contribution in [1.82, 2.24) is 10.6 Å². The summed E-state index contributed by atoms with van der Waals surface area (Å²) in [4.78, 5) is 11.7. The lowest BCUT2D eigenvalue weighted by atomic mass is 10.1. The van der Waals surface area contributed by atoms with Crippen molar-refractivity contribution in [1.29, 1.82) is 0 Å². The predicted molar refractivity (Wildman–Crippen MR) is 86.9 cm³/mol. The van der Waals surface area contributed by atoms with E-state index in [0.717, 1.165) is 12.0 Å². The first-order valence-corrected chi connectivity index (χ1v) is 7.68. The third kappa shape index (κ3) is 6.36. The highest BCUT2D eigenvalue weighted by molar-refractivity contribution is 6.30. The Morgan fingerprint density at radius 2 is 2.05 bits per heavy atom. The van der Waals surface area contributed by atoms with Gasteiger partial charge in [-0.1, -0.05) is 25.4 Å². The van der Waals surface area contributed by atoms with Crippen molar-refractivity contribution in [3.63, 3.8) is 0 Å². The Morgan fingerprint density at radius 3 is 2.67 bits per heavy atom. The minimum Gasteiger partial charge on any atom is -0.483 e. The van der Waals surface area contributed by atoms with Gasteiger partial charge in [0.05, 0.1) is 0 Å². The quantitative estimate of drug-likeness (QED) is 0.775. The minimum absolute atomic E-state index is 0.0170. The number of amides is 1. The summed E-state index contributed by atoms with van der Waals surface area (Å²) in [5, 5.41) is 6.65. The molecule has 1 rings (SSSR count). The number of rotatable bonds is 8. The summed E-state index contributed by atoms with van der Waals surface area (Å²) in [5.74, 6) is 1.15. The van der Waals surface area contributed by atoms with Gasteiger partial charge in [-0.3, -0.25) is 4.79 Å². The van der Waals surface area contributed by atoms with Crippen LogP contribution >= 0.6 is 11.6 Å². The molecule has 0 bridgehead atoms. The number of benzene rings is 1. The fraction of sp³-hybridized carbons (Fsp3) is 0.562. The van der Waals surface area contributed by atoms with Crippen molar-refractivity contribution in [2.24, 2.45) is 5.92 Å². The average molecular weight is 313 g/mol. The topological polar surface area (TPSA) is 50.4 Å². The maximum atomic E-state index is 11.7. The Morgan fingerprint density at radius 1 is 1.33 bits per heavy atom. The summed E-state index contributed by atoms with van der Waals surface area (Å²) in [6, 6.07) is 5.52. The summed E-state index contributed by atoms with van der Waals surface area (Å²) in [7, 11) is 1.87. The average Bonchev–Trinajstić information content (AvgIpc) is 2.44. The number of ether oxygens (including phenoxy) is 1. The Kier molecular flexibility index (Phi) is 7.54. The van der Waals surface area contributed by atoms with E-state index in [0.29, 0.717) is 23.2 Å². The van der Waals surface area contributed by atoms with Crippen LogP contribution in [0.25, 0.3) is 0 Å². The lowest BCUT2D eigenvalue weighted by Gasteiger charge is -2.17. The van der Waals surface area contributed by atoms with Gasteiger partial charge in [0.1, 0.15) is 5.75 Å². The van der Waals surface area contributed by atoms with Gasteiger partial charge in [0, 0.05) is 23.2 Å². The van der Waals surface area contributed by atoms with Crippen molar-refractivity contribution < 1.29 is 9.53 Å². The zero-order valence-electron chi connectivity index (χ0n) is 13.2. The molecule has 1 amide bonds. The van der Waals surface area contributed by atoms with Crippen molar-refractivity contribution >= 4 is 17.5 Å². The molecule has 2 N–H and O–H groups in total. The number of carbonyl (C=O) groups excluding carboxylic acids is 1. The van der Waals surface area contributed by atoms with Gasteiger partial charge in [-0.15, -0.1) is 0 Å². The molecule has 0 aliphatic heterocycles. The monoisotopic (exact) mass is 312 g/mol. The predicted octanol–water partition coefficient (Wildman–Crippen LogP) is 3.16. The first kappa shape index (κ1) is 17.8. The van der Waals surface area contributed by atoms with Crippen LogP contribution in [0.5, 0.6) is 5.75 Å². The molecule has 0 fully saturated rings. The van der Waals surface area contributed by atoms with Crippen LogP contribution in [0.3, 0.4) is 0 Å². The summed E-state index contributed by atoms with van der Waals surface area (Å²) in [6.07, 6.45) is 0.967. The Hall–Kier alpha value is -1.26. The molecule has 4 nitrogen and oxygen atoms in total. The number of halogens is 1. The van der Waals surface area contributed by atoms with E-state index in [4.69, 9.17) is 16.3 Å². The third-order valence-electron chi connectivity index (χ3n) is 3.27. The van der Waals surface area contributed by atoms with Crippen molar-refractivity contribution in [2.75, 3.05) is 20.2 Å². The molecule has 0 saturated carbocycles. The zero-order valence-corrected chi connectivity index (χ0v) is 14.0. The van der Waals surface area contributed by atoms with Crippen molar-refractivity contribution in [3.05, 3.63) is 28.8 Å². The molecule has 1 unspecified atom stereocenters. The van der Waals surface area contributed by atoms with E-state index in [1.807, 2.05) is 20.0 Å². The zero-order chi connectivity index (χ0) is 15.8. The summed E-state index contributed by atoms with van der Waals surface area (Å²) in [6.45, 7) is 6.97. The molecule has 0 aromatic heterocycles. The van der Waals surface area contributed by atoms with Gasteiger partial charge in [-0.2, -0.15) is 0 Å². The van der Waals surface area contributed by atoms with E-state index < -0.39 is 0 Å². The van der Waals surface area contributed by atoms with Crippen LogP contribution in [0.4, 0.5) is 0 Å². The highest BCUT2D eigenvalue weighted by Crippen LogP contribution is 2.28. The van der Waals surface area contributed by atoms with Crippen LogP contribution in [-0.4, -0.2) is 26.1 Å². The molecule has 21 heavy (non-hydrogen) atoms. The third-order valence-corrected chi connectivity index (χ3v) is 3.51. The molecule has 1 aromatic rings. The lowest BCUT2D eigenvalue weighted by molar-refractivity contribution is -0.123. The van der Waals surface area contributed by atoms with Crippen molar-refractivity contribution in [3.8, 4) is 5.75 Å². The van der Waals surface area contributed by atoms with Crippen LogP contribution in [0.15, 0.2) is 18.2 Å². The largest absolute Gasteiger partial charge is 0.483 e. The van der Waals surface area contributed by atoms with Crippen molar-refractivity contribution in [2.45, 2.75) is 33.2 Å². The first-order chi connectivity index (χ1) is 9.93. The second kappa shape index (κ2) is 8.90. The molecular formula is C16H25ClN2O2. The maximum absolute atomic E-state index is 11.7. The number of hydrogen-bond donors (Lipinski definition) is 2. The molecule has 0 saturated heterocycles. The highest BCUT2D eigenvalue weighted by atomic mass is 35.5. The summed E-state index contributed by atoms with van der Waals surface area (Å²) in [5.41, 5.74) is 0.944. The molecule has 0 radical (unpaired) electrons. The molecule has 1 atom stereocenters. The standard InChI is InChI=1S/C16H25ClN2O2/c1-11(2)7-8-19-16(20)10-21-15-6-5-13(17)9-14(15)12(3)18-4/h5-6,9,11-12,18H,7-8,10H2,1-4H3,(H,19,20). The first-order valence-electron chi connectivity index (χ1n) is 7.30. The molecule has 0 spiro atoms. The van der Waals surface area contributed by atoms with Gasteiger partial charge < -0.3 is 15.4 Å². The molecular weight excluding hydrogens is 288 g/mol. The summed E-state index contributed by atoms with van der Waals surface area (Å²) >= 11 is 6.02. The van der Waals surface area contributed by atoms with Gasteiger partial charge in [0.2, 0.25) is 0 Å². The number of hydrogen-bond acceptors (Lipinski definition) is 3. The Balaban J connectivity index is 2.56. The molecule has 118 valence electrons. The molecule has 1 aromatic carbocycles. The fourth-order valence-electron chi connectivity index (χ4n) is 1.84. The number of nitrogens with one attached hydrogen (secondary N) is 2. The van der Waals surface area contributed by atoms with Crippen LogP contribution in [0, 0.1) is 5.92 Å². The smallest absolute Gasteiger partial charge is 0.257 e. The minimum atomic E-state index is -0.103. The molecule has 0 aliphatic rings. The maximum Gasteiger partial charge on any atom is 0.257 e. The van der Waals surface area contributed by atoms with Crippen LogP contribution in [0.2, 0.25) is 5.02 Å². The lowest BCUT2D eigenvalue weighted by Crippen LogP contribution is -2.30. The Bertz CT molecular complexity index is 464. The van der Waals surface area contributed by atoms with Gasteiger partial charge in [-0.25, -0.2) is 0 Å². The highest BCUT2D eigenvalue weighted by Gasteiger charge is 2.12. The van der Waals surface area contributed by atoms with E-state index in [-0.39, 0.29) is 18.6 Å². The molecule has 5 heteroatoms. The SMILES string of the molecule is CNC(C)c1cc(Cl)ccc1OCC(=O)NCCC(C)C. The Labute approximate surface area is 132 Å². The van der Waals surface area contributed by atoms with Gasteiger partial charge >= 0.3 is 0 Å². The second-order valence-electron chi connectivity index (χ2n) is 5.51. The fourth-order valence-corrected chi connectivity index (χ4v) is 2.02. The van der Waals surface area contributed by atoms with Gasteiger partial charge in [-0.05, 0) is 44.5 Å². The number of carbonyl (C=O) groups is 1. The van der Waals surface area contributed by atoms with E-state index in [1.54, 1.807) is 12.1 Å². The van der Waals surface area contributed by atoms with Crippen LogP contribution in [-0.2, 0) is 4.79 Å². The van der Waals surface area contributed by atoms with Gasteiger partial charge in [0.25, 0.3) is 5.91 Å². The second-order valence-corrected chi connectivity index (χ2v) is 5.95. The van der Waals surface area contributed by atoms with E-state index in [9.17, 15) is 4.79 Å². The van der Waals surface area contributed by atoms with E-state index >= 15 is 0 Å². The van der Waals surface area contributed by atoms with Gasteiger partial charge in [0.15, 0.2) is 6.61 Å². The van der Waals surface area contributed by atoms with E-state index in [2.05, 4.69) is 24.5 Å². The molecule has 0 heterocycles. The molecule has 0 aliphatic carbocycles. The van der Waals surface area contributed by atoms with Crippen LogP contribution in [0.1, 0.15) is 38.8 Å². The van der Waals surface area contributed by atoms with E-state index in [1.165, 1.54) is 0 Å².